The first kappa shape index (κ1) is 25.0. The maximum Gasteiger partial charge on any atom is 0.409 e. The lowest BCUT2D eigenvalue weighted by Crippen LogP contribution is -2.48. The van der Waals surface area contributed by atoms with Crippen molar-refractivity contribution in [3.05, 3.63) is 59.4 Å². The summed E-state index contributed by atoms with van der Waals surface area (Å²) in [5.41, 5.74) is 0.779. The third-order valence-electron chi connectivity index (χ3n) is 6.53. The predicted octanol–water partition coefficient (Wildman–Crippen LogP) is 3.14. The first-order valence-corrected chi connectivity index (χ1v) is 11.7. The van der Waals surface area contributed by atoms with Crippen LogP contribution in [0.1, 0.15) is 36.9 Å². The molecule has 2 aromatic rings. The number of amides is 2. The molecule has 10 heteroatoms. The quantitative estimate of drug-likeness (QED) is 0.369. The van der Waals surface area contributed by atoms with Crippen molar-refractivity contribution in [2.24, 2.45) is 0 Å². The van der Waals surface area contributed by atoms with Crippen LogP contribution in [0.4, 0.5) is 4.79 Å². The molecule has 2 saturated heterocycles. The van der Waals surface area contributed by atoms with E-state index in [1.54, 1.807) is 54.5 Å². The summed E-state index contributed by atoms with van der Waals surface area (Å²) in [6, 6.07) is 7.15. The van der Waals surface area contributed by atoms with Gasteiger partial charge in [0.1, 0.15) is 17.3 Å². The Hall–Kier alpha value is -4.08. The summed E-state index contributed by atoms with van der Waals surface area (Å²) < 4.78 is 15.8. The van der Waals surface area contributed by atoms with Crippen LogP contribution in [0.5, 0.6) is 11.5 Å². The second-order valence-corrected chi connectivity index (χ2v) is 8.48. The number of likely N-dealkylation sites (tertiary alicyclic amines) is 2. The fourth-order valence-corrected chi connectivity index (χ4v) is 4.78. The lowest BCUT2D eigenvalue weighted by Gasteiger charge is -2.38. The van der Waals surface area contributed by atoms with Gasteiger partial charge in [0.2, 0.25) is 0 Å². The number of hydrogen-bond donors (Lipinski definition) is 1. The number of carbonyl (C=O) groups is 3. The van der Waals surface area contributed by atoms with Crippen LogP contribution in [-0.4, -0.2) is 77.6 Å². The predicted molar refractivity (Wildman–Crippen MR) is 130 cm³/mol. The van der Waals surface area contributed by atoms with Crippen LogP contribution in [0.15, 0.2) is 48.3 Å². The van der Waals surface area contributed by atoms with Gasteiger partial charge in [0.05, 0.1) is 38.0 Å². The van der Waals surface area contributed by atoms with Crippen LogP contribution >= 0.6 is 0 Å². The van der Waals surface area contributed by atoms with Crippen molar-refractivity contribution >= 4 is 23.5 Å². The first-order valence-electron chi connectivity index (χ1n) is 11.7. The van der Waals surface area contributed by atoms with Gasteiger partial charge in [0.25, 0.3) is 11.7 Å². The molecular weight excluding hydrogens is 466 g/mol. The van der Waals surface area contributed by atoms with Gasteiger partial charge < -0.3 is 29.1 Å². The third-order valence-corrected chi connectivity index (χ3v) is 6.53. The summed E-state index contributed by atoms with van der Waals surface area (Å²) >= 11 is 0. The molecule has 0 aliphatic carbocycles. The van der Waals surface area contributed by atoms with Gasteiger partial charge in [-0.15, -0.1) is 0 Å². The highest BCUT2D eigenvalue weighted by Gasteiger charge is 2.49. The Bertz CT molecular complexity index is 1170. The van der Waals surface area contributed by atoms with Crippen LogP contribution in [0.25, 0.3) is 5.76 Å². The van der Waals surface area contributed by atoms with Crippen molar-refractivity contribution in [1.82, 2.24) is 14.8 Å². The number of aliphatic hydroxyl groups excluding tert-OH is 1. The number of hydrogen-bond acceptors (Lipinski definition) is 8. The Balaban J connectivity index is 1.77. The molecule has 1 aromatic carbocycles. The summed E-state index contributed by atoms with van der Waals surface area (Å²) in [7, 11) is 2.94. The van der Waals surface area contributed by atoms with Crippen molar-refractivity contribution < 1.29 is 33.7 Å². The van der Waals surface area contributed by atoms with Gasteiger partial charge in [-0.05, 0) is 49.6 Å². The number of ether oxygens (including phenoxy) is 3. The highest BCUT2D eigenvalue weighted by atomic mass is 16.6. The molecule has 190 valence electrons. The van der Waals surface area contributed by atoms with E-state index in [4.69, 9.17) is 14.2 Å². The molecule has 4 rings (SSSR count). The number of ketones is 1. The minimum absolute atomic E-state index is 0.0487. The van der Waals surface area contributed by atoms with E-state index in [1.165, 1.54) is 19.1 Å². The Morgan fingerprint density at radius 1 is 1.14 bits per heavy atom. The zero-order chi connectivity index (χ0) is 25.8. The van der Waals surface area contributed by atoms with Crippen molar-refractivity contribution in [3.63, 3.8) is 0 Å². The van der Waals surface area contributed by atoms with Gasteiger partial charge in [0, 0.05) is 31.5 Å². The highest BCUT2D eigenvalue weighted by Crippen LogP contribution is 2.43. The number of Topliss-reactive ketones (excluding diaryl/α,β-unsaturated/α-hetero) is 1. The van der Waals surface area contributed by atoms with E-state index in [-0.39, 0.29) is 29.5 Å². The number of methoxy groups -OCH3 is 2. The maximum atomic E-state index is 13.4. The summed E-state index contributed by atoms with van der Waals surface area (Å²) in [5, 5.41) is 11.4. The lowest BCUT2D eigenvalue weighted by molar-refractivity contribution is -0.142. The standard InChI is InChI=1S/C26H29N3O7/c1-4-36-26(33)28-12-9-17(10-13-28)29-22(16-6-5-11-27-15-16)21(24(31)25(29)32)23(30)19-14-18(34-2)7-8-20(19)35-3/h5-8,11,14-15,17,22,30H,4,9-10,12-13H2,1-3H3/b23-21+. The van der Waals surface area contributed by atoms with Gasteiger partial charge in [-0.3, -0.25) is 14.6 Å². The van der Waals surface area contributed by atoms with Crippen LogP contribution < -0.4 is 9.47 Å². The number of nitrogens with zero attached hydrogens (tertiary/aromatic N) is 3. The molecule has 0 saturated carbocycles. The van der Waals surface area contributed by atoms with Gasteiger partial charge in [-0.2, -0.15) is 0 Å². The van der Waals surface area contributed by atoms with Crippen LogP contribution in [0.2, 0.25) is 0 Å². The number of rotatable bonds is 6. The van der Waals surface area contributed by atoms with Gasteiger partial charge >= 0.3 is 6.09 Å². The van der Waals surface area contributed by atoms with Gasteiger partial charge in [0.15, 0.2) is 0 Å². The molecule has 2 aliphatic heterocycles. The van der Waals surface area contributed by atoms with E-state index in [0.29, 0.717) is 43.0 Å². The molecule has 0 radical (unpaired) electrons. The first-order chi connectivity index (χ1) is 17.4. The molecule has 10 nitrogen and oxygen atoms in total. The summed E-state index contributed by atoms with van der Waals surface area (Å²) in [6.45, 7) is 2.80. The van der Waals surface area contributed by atoms with Crippen molar-refractivity contribution in [2.45, 2.75) is 31.8 Å². The fraction of sp³-hybridized carbons (Fsp3) is 0.385. The largest absolute Gasteiger partial charge is 0.507 e. The number of aromatic nitrogens is 1. The number of benzene rings is 1. The number of pyridine rings is 1. The molecular formula is C26H29N3O7. The Morgan fingerprint density at radius 3 is 2.50 bits per heavy atom. The molecule has 2 aliphatic rings. The fourth-order valence-electron chi connectivity index (χ4n) is 4.78. The zero-order valence-corrected chi connectivity index (χ0v) is 20.5. The molecule has 3 heterocycles. The van der Waals surface area contributed by atoms with E-state index >= 15 is 0 Å². The van der Waals surface area contributed by atoms with E-state index in [0.717, 1.165) is 0 Å². The van der Waals surface area contributed by atoms with Crippen molar-refractivity contribution in [2.75, 3.05) is 33.9 Å². The van der Waals surface area contributed by atoms with Crippen molar-refractivity contribution in [1.29, 1.82) is 0 Å². The van der Waals surface area contributed by atoms with E-state index in [2.05, 4.69) is 4.98 Å². The topological polar surface area (TPSA) is 119 Å². The summed E-state index contributed by atoms with van der Waals surface area (Å²) in [5.74, 6) is -1.08. The van der Waals surface area contributed by atoms with Crippen LogP contribution in [-0.2, 0) is 14.3 Å². The lowest BCUT2D eigenvalue weighted by atomic mass is 9.94. The summed E-state index contributed by atoms with van der Waals surface area (Å²) in [4.78, 5) is 46.2. The molecule has 1 N–H and O–H groups in total. The number of aliphatic hydroxyl groups is 1. The van der Waals surface area contributed by atoms with E-state index in [9.17, 15) is 19.5 Å². The Kier molecular flexibility index (Phi) is 7.42. The summed E-state index contributed by atoms with van der Waals surface area (Å²) in [6.07, 6.45) is 3.70. The smallest absolute Gasteiger partial charge is 0.409 e. The average molecular weight is 496 g/mol. The van der Waals surface area contributed by atoms with E-state index in [1.807, 2.05) is 0 Å². The Labute approximate surface area is 209 Å². The van der Waals surface area contributed by atoms with E-state index < -0.39 is 23.8 Å². The second-order valence-electron chi connectivity index (χ2n) is 8.48. The highest BCUT2D eigenvalue weighted by molar-refractivity contribution is 6.46. The third kappa shape index (κ3) is 4.58. The van der Waals surface area contributed by atoms with Crippen LogP contribution in [0, 0.1) is 0 Å². The second kappa shape index (κ2) is 10.7. The minimum Gasteiger partial charge on any atom is -0.507 e. The SMILES string of the molecule is CCOC(=O)N1CCC(N2C(=O)C(=O)/C(=C(/O)c3cc(OC)ccc3OC)C2c2cccnc2)CC1. The molecule has 2 fully saturated rings. The molecule has 1 atom stereocenters. The molecule has 1 unspecified atom stereocenters. The van der Waals surface area contributed by atoms with Gasteiger partial charge in [-0.25, -0.2) is 4.79 Å². The Morgan fingerprint density at radius 2 is 1.89 bits per heavy atom. The molecule has 1 aromatic heterocycles. The zero-order valence-electron chi connectivity index (χ0n) is 20.5. The van der Waals surface area contributed by atoms with Gasteiger partial charge in [-0.1, -0.05) is 6.07 Å². The molecule has 0 bridgehead atoms. The van der Waals surface area contributed by atoms with Crippen LogP contribution in [0.3, 0.4) is 0 Å². The van der Waals surface area contributed by atoms with Crippen molar-refractivity contribution in [3.8, 4) is 11.5 Å². The molecule has 0 spiro atoms. The average Bonchev–Trinajstić information content (AvgIpc) is 3.18. The molecule has 36 heavy (non-hydrogen) atoms. The molecule has 2 amide bonds. The maximum absolute atomic E-state index is 13.4. The normalized spacial score (nSPS) is 19.9. The number of piperidine rings is 1. The monoisotopic (exact) mass is 495 g/mol. The number of carbonyl (C=O) groups excluding carboxylic acids is 3. The minimum atomic E-state index is -0.853.